The van der Waals surface area contributed by atoms with Crippen LogP contribution in [0.5, 0.6) is 0 Å². The molecule has 1 aliphatic heterocycles. The maximum Gasteiger partial charge on any atom is 0.153 e. The Labute approximate surface area is 108 Å². The lowest BCUT2D eigenvalue weighted by atomic mass is 10.0. The van der Waals surface area contributed by atoms with Crippen LogP contribution in [0, 0.1) is 0 Å². The summed E-state index contributed by atoms with van der Waals surface area (Å²) in [5.74, 6) is 0.494. The topological polar surface area (TPSA) is 79.3 Å². The van der Waals surface area contributed by atoms with E-state index < -0.39 is 15.4 Å². The first-order valence-corrected chi connectivity index (χ1v) is 7.78. The number of nitrogens with zero attached hydrogens (tertiary/aromatic N) is 1. The van der Waals surface area contributed by atoms with Crippen LogP contribution in [-0.2, 0) is 9.84 Å². The lowest BCUT2D eigenvalue weighted by molar-refractivity contribution is 0.0814. The zero-order chi connectivity index (χ0) is 12.5. The van der Waals surface area contributed by atoms with Gasteiger partial charge in [-0.25, -0.2) is 13.4 Å². The van der Waals surface area contributed by atoms with Crippen molar-refractivity contribution in [1.82, 2.24) is 4.98 Å². The first-order chi connectivity index (χ1) is 7.89. The molecule has 1 atom stereocenters. The van der Waals surface area contributed by atoms with Crippen LogP contribution < -0.4 is 5.32 Å². The van der Waals surface area contributed by atoms with Gasteiger partial charge in [-0.2, -0.15) is 0 Å². The van der Waals surface area contributed by atoms with Crippen molar-refractivity contribution in [2.75, 3.05) is 23.4 Å². The smallest absolute Gasteiger partial charge is 0.153 e. The molecule has 1 aliphatic rings. The fraction of sp³-hybridized carbons (Fsp3) is 0.500. The van der Waals surface area contributed by atoms with Gasteiger partial charge < -0.3 is 10.4 Å². The zero-order valence-electron chi connectivity index (χ0n) is 9.06. The van der Waals surface area contributed by atoms with Gasteiger partial charge in [-0.3, -0.25) is 0 Å². The molecular weight excluding hydrogens is 308 g/mol. The molecule has 2 N–H and O–H groups in total. The van der Waals surface area contributed by atoms with Gasteiger partial charge in [-0.05, 0) is 34.5 Å². The third-order valence-electron chi connectivity index (χ3n) is 2.69. The molecule has 0 saturated carbocycles. The Morgan fingerprint density at radius 2 is 2.29 bits per heavy atom. The summed E-state index contributed by atoms with van der Waals surface area (Å²) in [6, 6.07) is 3.58. The normalized spacial score (nSPS) is 26.9. The van der Waals surface area contributed by atoms with E-state index in [1.807, 2.05) is 6.07 Å². The Morgan fingerprint density at radius 3 is 2.82 bits per heavy atom. The van der Waals surface area contributed by atoms with Gasteiger partial charge in [0.25, 0.3) is 0 Å². The van der Waals surface area contributed by atoms with E-state index in [1.165, 1.54) is 0 Å². The van der Waals surface area contributed by atoms with Crippen LogP contribution >= 0.6 is 15.9 Å². The number of hydrogen-bond donors (Lipinski definition) is 2. The van der Waals surface area contributed by atoms with E-state index in [1.54, 1.807) is 12.3 Å². The van der Waals surface area contributed by atoms with Gasteiger partial charge >= 0.3 is 0 Å². The van der Waals surface area contributed by atoms with Crippen LogP contribution in [-0.4, -0.2) is 42.2 Å². The number of pyridine rings is 1. The average Bonchev–Trinajstić information content (AvgIpc) is 2.53. The minimum atomic E-state index is -3.08. The molecule has 1 aromatic heterocycles. The molecule has 17 heavy (non-hydrogen) atoms. The second-order valence-electron chi connectivity index (χ2n) is 4.28. The van der Waals surface area contributed by atoms with Crippen LogP contribution in [0.3, 0.4) is 0 Å². The van der Waals surface area contributed by atoms with Crippen molar-refractivity contribution in [2.45, 2.75) is 12.0 Å². The highest BCUT2D eigenvalue weighted by Crippen LogP contribution is 2.23. The Morgan fingerprint density at radius 1 is 1.53 bits per heavy atom. The lowest BCUT2D eigenvalue weighted by Gasteiger charge is -2.21. The van der Waals surface area contributed by atoms with Crippen LogP contribution in [0.25, 0.3) is 0 Å². The van der Waals surface area contributed by atoms with Crippen molar-refractivity contribution < 1.29 is 13.5 Å². The number of aromatic nitrogens is 1. The summed E-state index contributed by atoms with van der Waals surface area (Å²) in [6.45, 7) is 0.195. The molecule has 2 rings (SSSR count). The highest BCUT2D eigenvalue weighted by Gasteiger charge is 2.40. The highest BCUT2D eigenvalue weighted by atomic mass is 79.9. The molecule has 1 fully saturated rings. The second kappa shape index (κ2) is 4.55. The zero-order valence-corrected chi connectivity index (χ0v) is 11.5. The molecule has 1 saturated heterocycles. The largest absolute Gasteiger partial charge is 0.387 e. The number of aliphatic hydroxyl groups is 1. The number of anilines is 1. The SMILES string of the molecule is O=S1(=O)CCC(O)(CNc2ccc(Br)cn2)C1. The Balaban J connectivity index is 1.97. The third-order valence-corrected chi connectivity index (χ3v) is 4.97. The molecule has 1 unspecified atom stereocenters. The monoisotopic (exact) mass is 320 g/mol. The quantitative estimate of drug-likeness (QED) is 0.861. The Bertz CT molecular complexity index is 503. The van der Waals surface area contributed by atoms with E-state index in [0.717, 1.165) is 4.47 Å². The van der Waals surface area contributed by atoms with Gasteiger partial charge in [-0.15, -0.1) is 0 Å². The molecule has 0 bridgehead atoms. The van der Waals surface area contributed by atoms with E-state index in [0.29, 0.717) is 5.82 Å². The van der Waals surface area contributed by atoms with Crippen molar-refractivity contribution in [1.29, 1.82) is 0 Å². The Kier molecular flexibility index (Phi) is 3.42. The molecule has 0 spiro atoms. The minimum absolute atomic E-state index is 0.0545. The van der Waals surface area contributed by atoms with Crippen LogP contribution in [0.2, 0.25) is 0 Å². The number of hydrogen-bond acceptors (Lipinski definition) is 5. The van der Waals surface area contributed by atoms with Gasteiger partial charge in [0, 0.05) is 17.2 Å². The van der Waals surface area contributed by atoms with Crippen LogP contribution in [0.4, 0.5) is 5.82 Å². The molecule has 0 amide bonds. The summed E-state index contributed by atoms with van der Waals surface area (Å²) >= 11 is 3.27. The van der Waals surface area contributed by atoms with Gasteiger partial charge in [0.05, 0.1) is 17.1 Å². The summed E-state index contributed by atoms with van der Waals surface area (Å²) < 4.78 is 23.5. The summed E-state index contributed by atoms with van der Waals surface area (Å²) in [5.41, 5.74) is -1.17. The minimum Gasteiger partial charge on any atom is -0.387 e. The predicted octanol–water partition coefficient (Wildman–Crippen LogP) is 0.806. The van der Waals surface area contributed by atoms with Crippen molar-refractivity contribution in [3.05, 3.63) is 22.8 Å². The molecule has 7 heteroatoms. The molecule has 94 valence electrons. The maximum absolute atomic E-state index is 11.3. The second-order valence-corrected chi connectivity index (χ2v) is 7.38. The molecule has 5 nitrogen and oxygen atoms in total. The van der Waals surface area contributed by atoms with Crippen LogP contribution in [0.15, 0.2) is 22.8 Å². The Hall–Kier alpha value is -0.660. The molecular formula is C10H13BrN2O3S. The molecule has 0 radical (unpaired) electrons. The van der Waals surface area contributed by atoms with Gasteiger partial charge in [0.2, 0.25) is 0 Å². The average molecular weight is 321 g/mol. The fourth-order valence-electron chi connectivity index (χ4n) is 1.77. The van der Waals surface area contributed by atoms with E-state index in [-0.39, 0.29) is 24.5 Å². The van der Waals surface area contributed by atoms with E-state index >= 15 is 0 Å². The molecule has 2 heterocycles. The maximum atomic E-state index is 11.3. The number of halogens is 1. The lowest BCUT2D eigenvalue weighted by Crippen LogP contribution is -2.38. The summed E-state index contributed by atoms with van der Waals surface area (Å²) in [7, 11) is -3.08. The molecule has 0 aliphatic carbocycles. The summed E-state index contributed by atoms with van der Waals surface area (Å²) in [5, 5.41) is 13.0. The highest BCUT2D eigenvalue weighted by molar-refractivity contribution is 9.10. The standard InChI is InChI=1S/C10H13BrN2O3S/c11-8-1-2-9(12-5-8)13-6-10(14)3-4-17(15,16)7-10/h1-2,5,14H,3-4,6-7H2,(H,12,13). The fourth-order valence-corrected chi connectivity index (χ4v) is 3.91. The number of rotatable bonds is 3. The number of nitrogens with one attached hydrogen (secondary N) is 1. The summed E-state index contributed by atoms with van der Waals surface area (Å²) in [6.07, 6.45) is 1.91. The number of sulfone groups is 1. The predicted molar refractivity (Wildman–Crippen MR) is 68.6 cm³/mol. The van der Waals surface area contributed by atoms with E-state index in [4.69, 9.17) is 0 Å². The van der Waals surface area contributed by atoms with Crippen molar-refractivity contribution in [3.8, 4) is 0 Å². The van der Waals surface area contributed by atoms with Gasteiger partial charge in [-0.1, -0.05) is 0 Å². The van der Waals surface area contributed by atoms with E-state index in [2.05, 4.69) is 26.2 Å². The van der Waals surface area contributed by atoms with Crippen molar-refractivity contribution >= 4 is 31.6 Å². The molecule has 0 aromatic carbocycles. The first-order valence-electron chi connectivity index (χ1n) is 5.17. The molecule has 1 aromatic rings. The van der Waals surface area contributed by atoms with Gasteiger partial charge in [0.15, 0.2) is 9.84 Å². The van der Waals surface area contributed by atoms with Gasteiger partial charge in [0.1, 0.15) is 5.82 Å². The van der Waals surface area contributed by atoms with E-state index in [9.17, 15) is 13.5 Å². The first kappa shape index (κ1) is 12.8. The van der Waals surface area contributed by atoms with Crippen LogP contribution in [0.1, 0.15) is 6.42 Å². The van der Waals surface area contributed by atoms with Crippen molar-refractivity contribution in [2.24, 2.45) is 0 Å². The summed E-state index contributed by atoms with van der Waals surface area (Å²) in [4.78, 5) is 4.09. The van der Waals surface area contributed by atoms with Crippen molar-refractivity contribution in [3.63, 3.8) is 0 Å². The third kappa shape index (κ3) is 3.40.